The number of hydrogen-bond donors (Lipinski definition) is 1. The average Bonchev–Trinajstić information content (AvgIpc) is 3.28. The molecule has 4 rings (SSSR count). The van der Waals surface area contributed by atoms with Crippen LogP contribution in [0.15, 0.2) is 24.3 Å². The predicted molar refractivity (Wildman–Crippen MR) is 98.9 cm³/mol. The van der Waals surface area contributed by atoms with Gasteiger partial charge in [0.05, 0.1) is 12.0 Å². The van der Waals surface area contributed by atoms with Gasteiger partial charge in [-0.05, 0) is 55.7 Å². The summed E-state index contributed by atoms with van der Waals surface area (Å²) in [6, 6.07) is 8.08. The summed E-state index contributed by atoms with van der Waals surface area (Å²) >= 11 is 5.98. The quantitative estimate of drug-likeness (QED) is 0.875. The predicted octanol–water partition coefficient (Wildman–Crippen LogP) is 2.99. The van der Waals surface area contributed by atoms with E-state index in [0.29, 0.717) is 12.0 Å². The summed E-state index contributed by atoms with van der Waals surface area (Å²) in [7, 11) is 0. The van der Waals surface area contributed by atoms with Crippen LogP contribution >= 0.6 is 11.6 Å². The molecule has 1 aromatic carbocycles. The van der Waals surface area contributed by atoms with Crippen LogP contribution in [0.2, 0.25) is 5.02 Å². The highest BCUT2D eigenvalue weighted by Gasteiger charge is 2.51. The first-order valence-electron chi connectivity index (χ1n) is 9.53. The third kappa shape index (κ3) is 3.86. The highest BCUT2D eigenvalue weighted by Crippen LogP contribution is 2.48. The first-order valence-corrected chi connectivity index (χ1v) is 9.91. The van der Waals surface area contributed by atoms with Gasteiger partial charge in [-0.3, -0.25) is 4.79 Å². The van der Waals surface area contributed by atoms with E-state index in [9.17, 15) is 4.79 Å². The van der Waals surface area contributed by atoms with Crippen molar-refractivity contribution in [2.75, 3.05) is 32.8 Å². The zero-order chi connectivity index (χ0) is 17.3. The molecule has 1 atom stereocenters. The van der Waals surface area contributed by atoms with Gasteiger partial charge in [0.15, 0.2) is 0 Å². The molecule has 25 heavy (non-hydrogen) atoms. The molecule has 1 aliphatic carbocycles. The van der Waals surface area contributed by atoms with E-state index in [4.69, 9.17) is 16.3 Å². The molecule has 136 valence electrons. The van der Waals surface area contributed by atoms with Crippen LogP contribution < -0.4 is 5.32 Å². The van der Waals surface area contributed by atoms with E-state index in [1.165, 1.54) is 6.42 Å². The fraction of sp³-hybridized carbons (Fsp3) is 0.650. The van der Waals surface area contributed by atoms with Crippen molar-refractivity contribution in [2.45, 2.75) is 43.6 Å². The summed E-state index contributed by atoms with van der Waals surface area (Å²) in [4.78, 5) is 15.4. The second-order valence-electron chi connectivity index (χ2n) is 7.87. The minimum atomic E-state index is -0.303. The van der Waals surface area contributed by atoms with Crippen molar-refractivity contribution >= 4 is 17.5 Å². The Hall–Kier alpha value is -1.10. The summed E-state index contributed by atoms with van der Waals surface area (Å²) in [6.07, 6.45) is 5.19. The smallest absolute Gasteiger partial charge is 0.230 e. The summed E-state index contributed by atoms with van der Waals surface area (Å²) in [5.74, 6) is 0.906. The van der Waals surface area contributed by atoms with Crippen LogP contribution in [0.25, 0.3) is 0 Å². The number of nitrogens with one attached hydrogen (secondary N) is 1. The minimum absolute atomic E-state index is 0.206. The minimum Gasteiger partial charge on any atom is -0.381 e. The molecular weight excluding hydrogens is 336 g/mol. The van der Waals surface area contributed by atoms with Gasteiger partial charge in [-0.15, -0.1) is 0 Å². The van der Waals surface area contributed by atoms with Crippen LogP contribution in [0, 0.1) is 5.92 Å². The zero-order valence-electron chi connectivity index (χ0n) is 14.7. The Morgan fingerprint density at radius 3 is 2.52 bits per heavy atom. The Labute approximate surface area is 154 Å². The van der Waals surface area contributed by atoms with Gasteiger partial charge in [0.2, 0.25) is 5.91 Å². The van der Waals surface area contributed by atoms with Gasteiger partial charge in [0.25, 0.3) is 0 Å². The molecule has 2 heterocycles. The number of carbonyl (C=O) groups excluding carboxylic acids is 1. The first-order chi connectivity index (χ1) is 12.2. The number of benzene rings is 1. The zero-order valence-corrected chi connectivity index (χ0v) is 15.4. The van der Waals surface area contributed by atoms with Crippen LogP contribution in [-0.2, 0) is 14.9 Å². The van der Waals surface area contributed by atoms with Crippen LogP contribution in [0.1, 0.15) is 37.7 Å². The van der Waals surface area contributed by atoms with Crippen molar-refractivity contribution in [2.24, 2.45) is 5.92 Å². The van der Waals surface area contributed by atoms with Gasteiger partial charge in [-0.25, -0.2) is 0 Å². The topological polar surface area (TPSA) is 41.6 Å². The lowest BCUT2D eigenvalue weighted by Gasteiger charge is -2.34. The number of rotatable bonds is 5. The molecule has 4 nitrogen and oxygen atoms in total. The largest absolute Gasteiger partial charge is 0.381 e. The number of ether oxygens (including phenoxy) is 1. The maximum atomic E-state index is 12.9. The maximum Gasteiger partial charge on any atom is 0.230 e. The fourth-order valence-electron chi connectivity index (χ4n) is 4.22. The monoisotopic (exact) mass is 362 g/mol. The van der Waals surface area contributed by atoms with Gasteiger partial charge in [0.1, 0.15) is 0 Å². The molecule has 1 unspecified atom stereocenters. The molecule has 2 aliphatic heterocycles. The number of piperidine rings is 1. The van der Waals surface area contributed by atoms with E-state index in [1.54, 1.807) is 0 Å². The van der Waals surface area contributed by atoms with Gasteiger partial charge in [0, 0.05) is 37.3 Å². The number of halogens is 1. The van der Waals surface area contributed by atoms with Crippen molar-refractivity contribution in [1.29, 1.82) is 0 Å². The van der Waals surface area contributed by atoms with Gasteiger partial charge in [-0.2, -0.15) is 0 Å². The van der Waals surface area contributed by atoms with Crippen LogP contribution in [0.5, 0.6) is 0 Å². The summed E-state index contributed by atoms with van der Waals surface area (Å²) in [6.45, 7) is 5.14. The Morgan fingerprint density at radius 2 is 1.92 bits per heavy atom. The molecule has 0 aromatic heterocycles. The standard InChI is InChI=1S/C20H27ClN2O2/c21-17-3-1-16(2-4-17)20(8-9-20)19(24)22-18-5-10-23(11-6-18)13-15-7-12-25-14-15/h1-4,15,18H,5-14H2,(H,22,24). The number of nitrogens with zero attached hydrogens (tertiary/aromatic N) is 1. The highest BCUT2D eigenvalue weighted by atomic mass is 35.5. The second-order valence-corrected chi connectivity index (χ2v) is 8.30. The first kappa shape index (κ1) is 17.3. The molecule has 3 aliphatic rings. The second kappa shape index (κ2) is 7.26. The third-order valence-electron chi connectivity index (χ3n) is 6.04. The molecule has 0 spiro atoms. The Morgan fingerprint density at radius 1 is 1.20 bits per heavy atom. The molecule has 1 amide bonds. The van der Waals surface area contributed by atoms with E-state index >= 15 is 0 Å². The normalized spacial score (nSPS) is 26.5. The maximum absolute atomic E-state index is 12.9. The van der Waals surface area contributed by atoms with Crippen molar-refractivity contribution in [3.63, 3.8) is 0 Å². The Kier molecular flexibility index (Phi) is 5.03. The third-order valence-corrected chi connectivity index (χ3v) is 6.30. The lowest BCUT2D eigenvalue weighted by atomic mass is 9.93. The number of carbonyl (C=O) groups is 1. The summed E-state index contributed by atoms with van der Waals surface area (Å²) in [5, 5.41) is 4.05. The molecule has 0 radical (unpaired) electrons. The van der Waals surface area contributed by atoms with E-state index in [-0.39, 0.29) is 11.3 Å². The molecule has 1 aromatic rings. The van der Waals surface area contributed by atoms with E-state index < -0.39 is 0 Å². The molecule has 2 saturated heterocycles. The fourth-order valence-corrected chi connectivity index (χ4v) is 4.34. The Balaban J connectivity index is 1.28. The molecular formula is C20H27ClN2O2. The van der Waals surface area contributed by atoms with Crippen molar-refractivity contribution in [3.8, 4) is 0 Å². The molecule has 1 N–H and O–H groups in total. The van der Waals surface area contributed by atoms with Crippen LogP contribution in [-0.4, -0.2) is 49.7 Å². The van der Waals surface area contributed by atoms with Crippen molar-refractivity contribution in [3.05, 3.63) is 34.9 Å². The number of likely N-dealkylation sites (tertiary alicyclic amines) is 1. The SMILES string of the molecule is O=C(NC1CCN(CC2CCOC2)CC1)C1(c2ccc(Cl)cc2)CC1. The molecule has 0 bridgehead atoms. The van der Waals surface area contributed by atoms with Crippen molar-refractivity contribution in [1.82, 2.24) is 10.2 Å². The van der Waals surface area contributed by atoms with Crippen LogP contribution in [0.4, 0.5) is 0 Å². The highest BCUT2D eigenvalue weighted by molar-refractivity contribution is 6.30. The van der Waals surface area contributed by atoms with Gasteiger partial charge >= 0.3 is 0 Å². The Bertz CT molecular complexity index is 601. The molecule has 5 heteroatoms. The van der Waals surface area contributed by atoms with Gasteiger partial charge in [-0.1, -0.05) is 23.7 Å². The van der Waals surface area contributed by atoms with E-state index in [2.05, 4.69) is 10.2 Å². The number of amides is 1. The average molecular weight is 363 g/mol. The number of hydrogen-bond acceptors (Lipinski definition) is 3. The van der Waals surface area contributed by atoms with E-state index in [0.717, 1.165) is 69.1 Å². The summed E-state index contributed by atoms with van der Waals surface area (Å²) < 4.78 is 5.47. The lowest BCUT2D eigenvalue weighted by molar-refractivity contribution is -0.124. The molecule has 3 fully saturated rings. The lowest BCUT2D eigenvalue weighted by Crippen LogP contribution is -2.48. The summed E-state index contributed by atoms with van der Waals surface area (Å²) in [5.41, 5.74) is 0.802. The van der Waals surface area contributed by atoms with Crippen molar-refractivity contribution < 1.29 is 9.53 Å². The van der Waals surface area contributed by atoms with E-state index in [1.807, 2.05) is 24.3 Å². The van der Waals surface area contributed by atoms with Crippen LogP contribution in [0.3, 0.4) is 0 Å². The molecule has 1 saturated carbocycles. The van der Waals surface area contributed by atoms with Gasteiger partial charge < -0.3 is 15.0 Å².